The summed E-state index contributed by atoms with van der Waals surface area (Å²) < 4.78 is 0. The number of carboxylic acid groups (broad SMARTS) is 1. The van der Waals surface area contributed by atoms with Gasteiger partial charge in [-0.05, 0) is 37.1 Å². The number of hydrogen-bond donors (Lipinski definition) is 2. The Morgan fingerprint density at radius 3 is 2.48 bits per heavy atom. The van der Waals surface area contributed by atoms with Crippen LogP contribution in [0, 0.1) is 0 Å². The number of rotatable bonds is 9. The highest BCUT2D eigenvalue weighted by Gasteiger charge is 2.00. The van der Waals surface area contributed by atoms with Gasteiger partial charge in [0, 0.05) is 12.2 Å². The minimum absolute atomic E-state index is 0.301. The Morgan fingerprint density at radius 1 is 1.10 bits per heavy atom. The smallest absolute Gasteiger partial charge is 0.335 e. The molecule has 1 aromatic rings. The summed E-state index contributed by atoms with van der Waals surface area (Å²) in [5, 5.41) is 12.0. The topological polar surface area (TPSA) is 49.3 Å². The molecule has 0 saturated heterocycles. The van der Waals surface area contributed by atoms with Crippen LogP contribution in [-0.2, 0) is 0 Å². The van der Waals surface area contributed by atoms with Crippen LogP contribution in [0.25, 0.3) is 0 Å². The molecule has 0 heterocycles. The third-order valence-electron chi connectivity index (χ3n) is 2.83. The van der Waals surface area contributed by atoms with Gasteiger partial charge in [-0.25, -0.2) is 4.79 Å². The zero-order chi connectivity index (χ0) is 15.3. The second kappa shape index (κ2) is 10.5. The minimum Gasteiger partial charge on any atom is -0.478 e. The maximum Gasteiger partial charge on any atom is 0.335 e. The van der Waals surface area contributed by atoms with Crippen LogP contribution in [0.3, 0.4) is 0 Å². The summed E-state index contributed by atoms with van der Waals surface area (Å²) in [6, 6.07) is 6.73. The van der Waals surface area contributed by atoms with Crippen molar-refractivity contribution >= 4 is 11.7 Å². The van der Waals surface area contributed by atoms with Crippen molar-refractivity contribution in [2.75, 3.05) is 11.9 Å². The average Bonchev–Trinajstić information content (AvgIpc) is 2.49. The SMILES string of the molecule is CCC/C=C/C/C=C/C=C/CNc1ccc(C(=O)O)cc1. The fourth-order valence-electron chi connectivity index (χ4n) is 1.67. The molecule has 0 saturated carbocycles. The number of unbranched alkanes of at least 4 members (excludes halogenated alkanes) is 1. The van der Waals surface area contributed by atoms with Crippen LogP contribution < -0.4 is 5.32 Å². The van der Waals surface area contributed by atoms with E-state index in [9.17, 15) is 4.79 Å². The number of carbonyl (C=O) groups is 1. The van der Waals surface area contributed by atoms with Crippen molar-refractivity contribution in [2.45, 2.75) is 26.2 Å². The number of anilines is 1. The molecule has 0 aromatic heterocycles. The summed E-state index contributed by atoms with van der Waals surface area (Å²) in [5.41, 5.74) is 1.21. The normalized spacial score (nSPS) is 11.7. The quantitative estimate of drug-likeness (QED) is 0.512. The van der Waals surface area contributed by atoms with Gasteiger partial charge in [0.05, 0.1) is 5.56 Å². The van der Waals surface area contributed by atoms with Gasteiger partial charge in [-0.3, -0.25) is 0 Å². The van der Waals surface area contributed by atoms with Crippen LogP contribution in [0.1, 0.15) is 36.5 Å². The van der Waals surface area contributed by atoms with E-state index >= 15 is 0 Å². The summed E-state index contributed by atoms with van der Waals surface area (Å²) in [6.45, 7) is 2.88. The van der Waals surface area contributed by atoms with E-state index < -0.39 is 5.97 Å². The molecule has 0 fully saturated rings. The molecule has 112 valence electrons. The third-order valence-corrected chi connectivity index (χ3v) is 2.83. The number of aromatic carboxylic acids is 1. The highest BCUT2D eigenvalue weighted by Crippen LogP contribution is 2.09. The summed E-state index contributed by atoms with van der Waals surface area (Å²) >= 11 is 0. The zero-order valence-corrected chi connectivity index (χ0v) is 12.5. The standard InChI is InChI=1S/C18H23NO2/c1-2-3-4-5-6-7-8-9-10-15-19-17-13-11-16(12-14-17)18(20)21/h4-5,7-14,19H,2-3,6,15H2,1H3,(H,20,21)/b5-4+,8-7+,10-9+. The van der Waals surface area contributed by atoms with Gasteiger partial charge in [0.25, 0.3) is 0 Å². The number of allylic oxidation sites excluding steroid dienone is 5. The molecule has 1 rings (SSSR count). The molecule has 0 bridgehead atoms. The van der Waals surface area contributed by atoms with Crippen LogP contribution in [0.2, 0.25) is 0 Å². The molecule has 0 atom stereocenters. The fourth-order valence-corrected chi connectivity index (χ4v) is 1.67. The molecule has 2 N–H and O–H groups in total. The van der Waals surface area contributed by atoms with Crippen molar-refractivity contribution < 1.29 is 9.90 Å². The molecule has 0 aliphatic carbocycles. The molecule has 0 radical (unpaired) electrons. The summed E-state index contributed by atoms with van der Waals surface area (Å²) in [5.74, 6) is -0.903. The molecule has 21 heavy (non-hydrogen) atoms. The van der Waals surface area contributed by atoms with Crippen molar-refractivity contribution in [1.29, 1.82) is 0 Å². The lowest BCUT2D eigenvalue weighted by Gasteiger charge is -2.02. The van der Waals surface area contributed by atoms with E-state index in [4.69, 9.17) is 5.11 Å². The van der Waals surface area contributed by atoms with Gasteiger partial charge in [0.1, 0.15) is 0 Å². The van der Waals surface area contributed by atoms with Gasteiger partial charge < -0.3 is 10.4 Å². The van der Waals surface area contributed by atoms with E-state index in [-0.39, 0.29) is 0 Å². The summed E-state index contributed by atoms with van der Waals surface area (Å²) in [6.07, 6.45) is 15.9. The lowest BCUT2D eigenvalue weighted by atomic mass is 10.2. The summed E-state index contributed by atoms with van der Waals surface area (Å²) in [7, 11) is 0. The zero-order valence-electron chi connectivity index (χ0n) is 12.5. The Labute approximate surface area is 126 Å². The van der Waals surface area contributed by atoms with E-state index in [1.807, 2.05) is 18.2 Å². The largest absolute Gasteiger partial charge is 0.478 e. The number of carboxylic acids is 1. The Morgan fingerprint density at radius 2 is 1.81 bits per heavy atom. The van der Waals surface area contributed by atoms with E-state index in [1.54, 1.807) is 24.3 Å². The van der Waals surface area contributed by atoms with Crippen molar-refractivity contribution in [3.8, 4) is 0 Å². The van der Waals surface area contributed by atoms with Crippen molar-refractivity contribution in [2.24, 2.45) is 0 Å². The monoisotopic (exact) mass is 285 g/mol. The van der Waals surface area contributed by atoms with Crippen LogP contribution in [0.15, 0.2) is 60.7 Å². The molecule has 3 nitrogen and oxygen atoms in total. The number of hydrogen-bond acceptors (Lipinski definition) is 2. The highest BCUT2D eigenvalue weighted by molar-refractivity contribution is 5.87. The van der Waals surface area contributed by atoms with Gasteiger partial charge in [-0.2, -0.15) is 0 Å². The molecule has 0 spiro atoms. The lowest BCUT2D eigenvalue weighted by Crippen LogP contribution is -2.00. The maximum atomic E-state index is 10.7. The molecule has 0 amide bonds. The minimum atomic E-state index is -0.903. The van der Waals surface area contributed by atoms with Crippen molar-refractivity contribution in [3.05, 3.63) is 66.3 Å². The van der Waals surface area contributed by atoms with Crippen LogP contribution >= 0.6 is 0 Å². The number of benzene rings is 1. The molecular formula is C18H23NO2. The van der Waals surface area contributed by atoms with Gasteiger partial charge in [-0.1, -0.05) is 49.8 Å². The fraction of sp³-hybridized carbons (Fsp3) is 0.278. The van der Waals surface area contributed by atoms with Crippen molar-refractivity contribution in [1.82, 2.24) is 0 Å². The van der Waals surface area contributed by atoms with E-state index in [0.717, 1.165) is 18.5 Å². The maximum absolute atomic E-state index is 10.7. The van der Waals surface area contributed by atoms with Gasteiger partial charge in [-0.15, -0.1) is 0 Å². The van der Waals surface area contributed by atoms with E-state index in [2.05, 4.69) is 30.5 Å². The average molecular weight is 285 g/mol. The molecular weight excluding hydrogens is 262 g/mol. The van der Waals surface area contributed by atoms with E-state index in [1.165, 1.54) is 6.42 Å². The molecule has 0 unspecified atom stereocenters. The van der Waals surface area contributed by atoms with Crippen LogP contribution in [0.4, 0.5) is 5.69 Å². The Hall–Kier alpha value is -2.29. The van der Waals surface area contributed by atoms with Crippen molar-refractivity contribution in [3.63, 3.8) is 0 Å². The molecule has 0 aliphatic rings. The molecule has 0 aliphatic heterocycles. The second-order valence-electron chi connectivity index (χ2n) is 4.62. The van der Waals surface area contributed by atoms with Gasteiger partial charge in [0.15, 0.2) is 0 Å². The van der Waals surface area contributed by atoms with Crippen LogP contribution in [-0.4, -0.2) is 17.6 Å². The first-order valence-electron chi connectivity index (χ1n) is 7.28. The predicted molar refractivity (Wildman–Crippen MR) is 88.8 cm³/mol. The predicted octanol–water partition coefficient (Wildman–Crippen LogP) is 4.66. The summed E-state index contributed by atoms with van der Waals surface area (Å²) in [4.78, 5) is 10.7. The lowest BCUT2D eigenvalue weighted by molar-refractivity contribution is 0.0697. The van der Waals surface area contributed by atoms with Gasteiger partial charge in [0.2, 0.25) is 0 Å². The first kappa shape index (κ1) is 16.8. The molecule has 3 heteroatoms. The highest BCUT2D eigenvalue weighted by atomic mass is 16.4. The Kier molecular flexibility index (Phi) is 8.38. The van der Waals surface area contributed by atoms with Gasteiger partial charge >= 0.3 is 5.97 Å². The second-order valence-corrected chi connectivity index (χ2v) is 4.62. The number of nitrogens with one attached hydrogen (secondary N) is 1. The Bertz CT molecular complexity index is 498. The molecule has 1 aromatic carbocycles. The van der Waals surface area contributed by atoms with E-state index in [0.29, 0.717) is 12.1 Å². The first-order chi connectivity index (χ1) is 10.2. The Balaban J connectivity index is 2.22. The van der Waals surface area contributed by atoms with Crippen LogP contribution in [0.5, 0.6) is 0 Å². The third kappa shape index (κ3) is 7.78. The first-order valence-corrected chi connectivity index (χ1v) is 7.28.